The molecule has 4 aliphatic carbocycles. The highest BCUT2D eigenvalue weighted by molar-refractivity contribution is 5.99. The van der Waals surface area contributed by atoms with Crippen molar-refractivity contribution >= 4 is 11.8 Å². The van der Waals surface area contributed by atoms with E-state index in [0.717, 1.165) is 30.7 Å². The van der Waals surface area contributed by atoms with Crippen LogP contribution in [0.5, 0.6) is 0 Å². The van der Waals surface area contributed by atoms with Gasteiger partial charge in [0.05, 0.1) is 18.1 Å². The van der Waals surface area contributed by atoms with Crippen molar-refractivity contribution in [2.45, 2.75) is 65.3 Å². The molecular formula is C23H33NO4. The zero-order valence-electron chi connectivity index (χ0n) is 17.6. The molecule has 0 spiro atoms. The van der Waals surface area contributed by atoms with E-state index in [2.05, 4.69) is 11.5 Å². The number of rotatable bonds is 7. The van der Waals surface area contributed by atoms with Gasteiger partial charge in [0.1, 0.15) is 0 Å². The summed E-state index contributed by atoms with van der Waals surface area (Å²) in [5.41, 5.74) is 2.29. The second-order valence-corrected chi connectivity index (χ2v) is 9.66. The van der Waals surface area contributed by atoms with Gasteiger partial charge in [0, 0.05) is 24.1 Å². The SMILES string of the molecule is COC[C@H](C)n1c(C)cc(C(=O)COC(=O)C23CC4CC(CC(C4)C2)C3)c1C. The molecule has 5 nitrogen and oxygen atoms in total. The maximum atomic E-state index is 13.0. The Balaban J connectivity index is 1.42. The van der Waals surface area contributed by atoms with Crippen molar-refractivity contribution in [2.24, 2.45) is 23.2 Å². The van der Waals surface area contributed by atoms with Gasteiger partial charge in [-0.2, -0.15) is 0 Å². The van der Waals surface area contributed by atoms with Crippen LogP contribution in [0.1, 0.15) is 73.2 Å². The van der Waals surface area contributed by atoms with Crippen LogP contribution in [0.15, 0.2) is 6.07 Å². The molecule has 0 radical (unpaired) electrons. The Morgan fingerprint density at radius 2 is 1.71 bits per heavy atom. The first kappa shape index (κ1) is 19.7. The molecule has 1 heterocycles. The summed E-state index contributed by atoms with van der Waals surface area (Å²) in [5, 5.41) is 0. The molecule has 1 aromatic rings. The van der Waals surface area contributed by atoms with Crippen LogP contribution in [0.4, 0.5) is 0 Å². The first-order valence-electron chi connectivity index (χ1n) is 10.7. The first-order valence-corrected chi connectivity index (χ1v) is 10.7. The lowest BCUT2D eigenvalue weighted by Crippen LogP contribution is -2.50. The lowest BCUT2D eigenvalue weighted by molar-refractivity contribution is -0.170. The van der Waals surface area contributed by atoms with Crippen molar-refractivity contribution in [1.82, 2.24) is 4.57 Å². The van der Waals surface area contributed by atoms with Crippen molar-refractivity contribution in [1.29, 1.82) is 0 Å². The molecule has 4 saturated carbocycles. The molecule has 4 bridgehead atoms. The van der Waals surface area contributed by atoms with E-state index < -0.39 is 0 Å². The summed E-state index contributed by atoms with van der Waals surface area (Å²) in [6.45, 7) is 6.46. The van der Waals surface area contributed by atoms with Crippen LogP contribution in [0.2, 0.25) is 0 Å². The van der Waals surface area contributed by atoms with Gasteiger partial charge in [0.2, 0.25) is 5.78 Å². The molecule has 154 valence electrons. The van der Waals surface area contributed by atoms with Crippen molar-refractivity contribution in [3.8, 4) is 0 Å². The molecule has 0 aromatic carbocycles. The average Bonchev–Trinajstić information content (AvgIpc) is 2.93. The summed E-state index contributed by atoms with van der Waals surface area (Å²) < 4.78 is 13.0. The number of hydrogen-bond donors (Lipinski definition) is 0. The van der Waals surface area contributed by atoms with Gasteiger partial charge < -0.3 is 14.0 Å². The van der Waals surface area contributed by atoms with Gasteiger partial charge in [-0.3, -0.25) is 9.59 Å². The van der Waals surface area contributed by atoms with Gasteiger partial charge in [-0.05, 0) is 83.1 Å². The number of aryl methyl sites for hydroxylation is 1. The number of aromatic nitrogens is 1. The number of hydrogen-bond acceptors (Lipinski definition) is 4. The Hall–Kier alpha value is -1.62. The lowest BCUT2D eigenvalue weighted by atomic mass is 9.49. The van der Waals surface area contributed by atoms with Gasteiger partial charge >= 0.3 is 5.97 Å². The summed E-state index contributed by atoms with van der Waals surface area (Å²) in [5.74, 6) is 1.84. The molecule has 5 heteroatoms. The van der Waals surface area contributed by atoms with Crippen LogP contribution in [-0.4, -0.2) is 36.6 Å². The van der Waals surface area contributed by atoms with Crippen LogP contribution in [-0.2, 0) is 14.3 Å². The Bertz CT molecular complexity index is 743. The minimum Gasteiger partial charge on any atom is -0.457 e. The maximum Gasteiger partial charge on any atom is 0.312 e. The molecule has 28 heavy (non-hydrogen) atoms. The number of nitrogens with zero attached hydrogens (tertiary/aromatic N) is 1. The van der Waals surface area contributed by atoms with E-state index in [9.17, 15) is 9.59 Å². The number of esters is 1. The van der Waals surface area contributed by atoms with Crippen molar-refractivity contribution in [3.05, 3.63) is 23.0 Å². The highest BCUT2D eigenvalue weighted by Crippen LogP contribution is 2.60. The van der Waals surface area contributed by atoms with Crippen LogP contribution in [0.3, 0.4) is 0 Å². The summed E-state index contributed by atoms with van der Waals surface area (Å²) in [6.07, 6.45) is 6.77. The fourth-order valence-electron chi connectivity index (χ4n) is 6.78. The lowest BCUT2D eigenvalue weighted by Gasteiger charge is -2.55. The van der Waals surface area contributed by atoms with E-state index in [0.29, 0.717) is 29.9 Å². The van der Waals surface area contributed by atoms with Gasteiger partial charge in [0.15, 0.2) is 6.61 Å². The van der Waals surface area contributed by atoms with E-state index in [-0.39, 0.29) is 29.8 Å². The number of methoxy groups -OCH3 is 1. The minimum atomic E-state index is -0.307. The van der Waals surface area contributed by atoms with E-state index >= 15 is 0 Å². The number of ether oxygens (including phenoxy) is 2. The fraction of sp³-hybridized carbons (Fsp3) is 0.739. The van der Waals surface area contributed by atoms with E-state index in [1.807, 2.05) is 19.9 Å². The third-order valence-corrected chi connectivity index (χ3v) is 7.44. The molecule has 0 saturated heterocycles. The summed E-state index contributed by atoms with van der Waals surface area (Å²) in [6, 6.07) is 2.06. The third kappa shape index (κ3) is 3.32. The highest BCUT2D eigenvalue weighted by Gasteiger charge is 2.55. The predicted molar refractivity (Wildman–Crippen MR) is 106 cm³/mol. The van der Waals surface area contributed by atoms with E-state index in [1.54, 1.807) is 7.11 Å². The number of carbonyl (C=O) groups excluding carboxylic acids is 2. The zero-order valence-corrected chi connectivity index (χ0v) is 17.6. The van der Waals surface area contributed by atoms with Crippen LogP contribution in [0.25, 0.3) is 0 Å². The minimum absolute atomic E-state index is 0.109. The van der Waals surface area contributed by atoms with Gasteiger partial charge in [0.25, 0.3) is 0 Å². The molecule has 0 unspecified atom stereocenters. The molecule has 0 N–H and O–H groups in total. The summed E-state index contributed by atoms with van der Waals surface area (Å²) in [7, 11) is 1.68. The maximum absolute atomic E-state index is 13.0. The second-order valence-electron chi connectivity index (χ2n) is 9.66. The largest absolute Gasteiger partial charge is 0.457 e. The number of carbonyl (C=O) groups is 2. The normalized spacial score (nSPS) is 31.8. The Morgan fingerprint density at radius 3 is 2.25 bits per heavy atom. The molecule has 1 aromatic heterocycles. The molecule has 4 fully saturated rings. The highest BCUT2D eigenvalue weighted by atomic mass is 16.5. The van der Waals surface area contributed by atoms with Crippen LogP contribution in [0, 0.1) is 37.0 Å². The quantitative estimate of drug-likeness (QED) is 0.518. The topological polar surface area (TPSA) is 57.5 Å². The Labute approximate surface area is 167 Å². The molecule has 0 aliphatic heterocycles. The first-order chi connectivity index (χ1) is 13.3. The van der Waals surface area contributed by atoms with Crippen molar-refractivity contribution in [3.63, 3.8) is 0 Å². The van der Waals surface area contributed by atoms with E-state index in [4.69, 9.17) is 9.47 Å². The molecule has 1 atom stereocenters. The number of ketones is 1. The predicted octanol–water partition coefficient (Wildman–Crippen LogP) is 4.25. The van der Waals surface area contributed by atoms with Crippen LogP contribution >= 0.6 is 0 Å². The number of Topliss-reactive ketones (excluding diaryl/α,β-unsaturated/α-hetero) is 1. The molecule has 5 rings (SSSR count). The Kier molecular flexibility index (Phi) is 5.15. The molecule has 0 amide bonds. The fourth-order valence-corrected chi connectivity index (χ4v) is 6.78. The van der Waals surface area contributed by atoms with Gasteiger partial charge in [-0.25, -0.2) is 0 Å². The third-order valence-electron chi connectivity index (χ3n) is 7.44. The summed E-state index contributed by atoms with van der Waals surface area (Å²) >= 11 is 0. The monoisotopic (exact) mass is 387 g/mol. The second kappa shape index (κ2) is 7.33. The van der Waals surface area contributed by atoms with Crippen LogP contribution < -0.4 is 0 Å². The Morgan fingerprint density at radius 1 is 1.14 bits per heavy atom. The zero-order chi connectivity index (χ0) is 20.1. The van der Waals surface area contributed by atoms with Crippen molar-refractivity contribution in [2.75, 3.05) is 20.3 Å². The van der Waals surface area contributed by atoms with Gasteiger partial charge in [-0.1, -0.05) is 0 Å². The van der Waals surface area contributed by atoms with Crippen molar-refractivity contribution < 1.29 is 19.1 Å². The van der Waals surface area contributed by atoms with E-state index in [1.165, 1.54) is 19.3 Å². The standard InChI is InChI=1S/C23H33NO4/c1-14-5-20(16(3)24(14)15(2)12-27-4)21(25)13-28-22(26)23-9-17-6-18(10-23)8-19(7-17)11-23/h5,15,17-19H,6-13H2,1-4H3/t15-,17?,18?,19?,23?/m0/s1. The smallest absolute Gasteiger partial charge is 0.312 e. The molecular weight excluding hydrogens is 354 g/mol. The molecule has 4 aliphatic rings. The summed E-state index contributed by atoms with van der Waals surface area (Å²) in [4.78, 5) is 25.8. The average molecular weight is 388 g/mol. The van der Waals surface area contributed by atoms with Gasteiger partial charge in [-0.15, -0.1) is 0 Å².